The first kappa shape index (κ1) is 32.8. The van der Waals surface area contributed by atoms with E-state index in [0.717, 1.165) is 71.6 Å². The summed E-state index contributed by atoms with van der Waals surface area (Å²) in [6, 6.07) is 0. The standard InChI is InChI=1S/C35H58O5/c1-24(2)13-10-14-25(3)15-11-16-26(4)17-12-19-34(8)20-18-30-29(7)31(27(5)28(6)32(30)40-34)39-33(36)37-22-21-35(9)23-38-35/h24-26H,10-23H2,1-9H3. The molecule has 0 saturated carbocycles. The summed E-state index contributed by atoms with van der Waals surface area (Å²) in [4.78, 5) is 12.4. The zero-order valence-electron chi connectivity index (χ0n) is 27.2. The van der Waals surface area contributed by atoms with Crippen LogP contribution in [0.3, 0.4) is 0 Å². The van der Waals surface area contributed by atoms with Gasteiger partial charge < -0.3 is 18.9 Å². The van der Waals surface area contributed by atoms with Crippen LogP contribution >= 0.6 is 0 Å². The van der Waals surface area contributed by atoms with E-state index in [-0.39, 0.29) is 11.2 Å². The number of carbonyl (C=O) groups is 1. The Balaban J connectivity index is 1.46. The van der Waals surface area contributed by atoms with E-state index in [1.807, 2.05) is 20.8 Å². The van der Waals surface area contributed by atoms with Gasteiger partial charge in [0.2, 0.25) is 0 Å². The second-order valence-corrected chi connectivity index (χ2v) is 14.1. The number of hydrogen-bond acceptors (Lipinski definition) is 5. The van der Waals surface area contributed by atoms with Crippen molar-refractivity contribution in [3.63, 3.8) is 0 Å². The van der Waals surface area contributed by atoms with Gasteiger partial charge in [0, 0.05) is 12.0 Å². The molecule has 4 atom stereocenters. The molecular formula is C35H58O5. The molecule has 0 N–H and O–H groups in total. The predicted molar refractivity (Wildman–Crippen MR) is 164 cm³/mol. The predicted octanol–water partition coefficient (Wildman–Crippen LogP) is 9.83. The topological polar surface area (TPSA) is 57.3 Å². The van der Waals surface area contributed by atoms with E-state index < -0.39 is 6.16 Å². The van der Waals surface area contributed by atoms with Crippen molar-refractivity contribution in [2.75, 3.05) is 13.2 Å². The molecule has 0 bridgehead atoms. The number of ether oxygens (including phenoxy) is 4. The van der Waals surface area contributed by atoms with Gasteiger partial charge >= 0.3 is 6.16 Å². The van der Waals surface area contributed by atoms with Crippen molar-refractivity contribution < 1.29 is 23.7 Å². The molecule has 1 fully saturated rings. The van der Waals surface area contributed by atoms with Crippen molar-refractivity contribution in [1.29, 1.82) is 0 Å². The Morgan fingerprint density at radius 3 is 2.02 bits per heavy atom. The summed E-state index contributed by atoms with van der Waals surface area (Å²) < 4.78 is 23.2. The molecule has 1 aromatic rings. The van der Waals surface area contributed by atoms with E-state index in [2.05, 4.69) is 41.5 Å². The first-order valence-electron chi connectivity index (χ1n) is 16.1. The van der Waals surface area contributed by atoms with Gasteiger partial charge in [0.25, 0.3) is 0 Å². The van der Waals surface area contributed by atoms with Crippen molar-refractivity contribution in [3.8, 4) is 11.5 Å². The highest BCUT2D eigenvalue weighted by Crippen LogP contribution is 2.45. The van der Waals surface area contributed by atoms with Crippen molar-refractivity contribution in [2.24, 2.45) is 17.8 Å². The Kier molecular flexibility index (Phi) is 11.8. The Bertz CT molecular complexity index is 979. The molecule has 5 heteroatoms. The van der Waals surface area contributed by atoms with Gasteiger partial charge in [-0.15, -0.1) is 0 Å². The van der Waals surface area contributed by atoms with Gasteiger partial charge in [-0.3, -0.25) is 0 Å². The van der Waals surface area contributed by atoms with Crippen LogP contribution in [0, 0.1) is 38.5 Å². The fraction of sp³-hybridized carbons (Fsp3) is 0.800. The minimum Gasteiger partial charge on any atom is -0.487 e. The normalized spacial score (nSPS) is 23.4. The van der Waals surface area contributed by atoms with Gasteiger partial charge in [0.1, 0.15) is 17.1 Å². The molecule has 5 nitrogen and oxygen atoms in total. The molecule has 4 unspecified atom stereocenters. The summed E-state index contributed by atoms with van der Waals surface area (Å²) in [6.45, 7) is 20.9. The Morgan fingerprint density at radius 1 is 0.825 bits per heavy atom. The molecule has 0 radical (unpaired) electrons. The first-order valence-corrected chi connectivity index (χ1v) is 16.1. The summed E-state index contributed by atoms with van der Waals surface area (Å²) in [5, 5.41) is 0. The number of fused-ring (bicyclic) bond motifs is 1. The molecule has 228 valence electrons. The van der Waals surface area contributed by atoms with E-state index in [4.69, 9.17) is 18.9 Å². The van der Waals surface area contributed by atoms with Crippen LogP contribution in [0.5, 0.6) is 11.5 Å². The second kappa shape index (κ2) is 14.4. The van der Waals surface area contributed by atoms with Gasteiger partial charge in [-0.1, -0.05) is 72.6 Å². The summed E-state index contributed by atoms with van der Waals surface area (Å²) in [6.07, 6.45) is 13.7. The second-order valence-electron chi connectivity index (χ2n) is 14.1. The highest BCUT2D eigenvalue weighted by molar-refractivity contribution is 5.68. The maximum Gasteiger partial charge on any atom is 0.513 e. The lowest BCUT2D eigenvalue weighted by atomic mass is 9.83. The van der Waals surface area contributed by atoms with E-state index in [0.29, 0.717) is 18.8 Å². The van der Waals surface area contributed by atoms with Gasteiger partial charge in [-0.2, -0.15) is 0 Å². The van der Waals surface area contributed by atoms with Crippen LogP contribution in [-0.4, -0.2) is 30.6 Å². The number of rotatable bonds is 16. The van der Waals surface area contributed by atoms with Gasteiger partial charge in [-0.05, 0) is 94.7 Å². The van der Waals surface area contributed by atoms with E-state index in [1.165, 1.54) is 51.4 Å². The number of benzene rings is 1. The van der Waals surface area contributed by atoms with Crippen LogP contribution < -0.4 is 9.47 Å². The molecule has 0 aliphatic carbocycles. The quantitative estimate of drug-likeness (QED) is 0.115. The van der Waals surface area contributed by atoms with Crippen molar-refractivity contribution >= 4 is 6.16 Å². The molecule has 0 amide bonds. The lowest BCUT2D eigenvalue weighted by Gasteiger charge is -2.38. The third-order valence-corrected chi connectivity index (χ3v) is 9.51. The van der Waals surface area contributed by atoms with Crippen LogP contribution in [0.1, 0.15) is 134 Å². The van der Waals surface area contributed by atoms with Crippen LogP contribution in [0.2, 0.25) is 0 Å². The Hall–Kier alpha value is -1.75. The van der Waals surface area contributed by atoms with Crippen LogP contribution in [0.25, 0.3) is 0 Å². The SMILES string of the molecule is Cc1c(C)c2c(c(C)c1OC(=O)OCCC1(C)CO1)CCC(C)(CCCC(C)CCCC(C)CCCC(C)C)O2. The van der Waals surface area contributed by atoms with E-state index in [1.54, 1.807) is 0 Å². The summed E-state index contributed by atoms with van der Waals surface area (Å²) in [5.41, 5.74) is 3.87. The summed E-state index contributed by atoms with van der Waals surface area (Å²) in [7, 11) is 0. The average molecular weight is 559 g/mol. The van der Waals surface area contributed by atoms with Crippen LogP contribution in [0.4, 0.5) is 4.79 Å². The fourth-order valence-corrected chi connectivity index (χ4v) is 6.14. The molecule has 0 spiro atoms. The lowest BCUT2D eigenvalue weighted by molar-refractivity contribution is 0.0508. The summed E-state index contributed by atoms with van der Waals surface area (Å²) in [5.74, 6) is 4.07. The largest absolute Gasteiger partial charge is 0.513 e. The fourth-order valence-electron chi connectivity index (χ4n) is 6.14. The lowest BCUT2D eigenvalue weighted by Crippen LogP contribution is -2.37. The van der Waals surface area contributed by atoms with Gasteiger partial charge in [0.05, 0.1) is 18.8 Å². The molecular weight excluding hydrogens is 500 g/mol. The van der Waals surface area contributed by atoms with Crippen molar-refractivity contribution in [3.05, 3.63) is 22.3 Å². The minimum absolute atomic E-state index is 0.137. The smallest absolute Gasteiger partial charge is 0.487 e. The highest BCUT2D eigenvalue weighted by Gasteiger charge is 2.39. The third-order valence-electron chi connectivity index (χ3n) is 9.51. The zero-order chi connectivity index (χ0) is 29.5. The van der Waals surface area contributed by atoms with Crippen LogP contribution in [0.15, 0.2) is 0 Å². The molecule has 40 heavy (non-hydrogen) atoms. The third kappa shape index (κ3) is 9.67. The van der Waals surface area contributed by atoms with Crippen molar-refractivity contribution in [1.82, 2.24) is 0 Å². The zero-order valence-corrected chi connectivity index (χ0v) is 27.2. The van der Waals surface area contributed by atoms with Gasteiger partial charge in [-0.25, -0.2) is 4.79 Å². The van der Waals surface area contributed by atoms with Gasteiger partial charge in [0.15, 0.2) is 0 Å². The Morgan fingerprint density at radius 2 is 1.43 bits per heavy atom. The van der Waals surface area contributed by atoms with E-state index >= 15 is 0 Å². The maximum atomic E-state index is 12.4. The Labute approximate surface area is 245 Å². The van der Waals surface area contributed by atoms with Crippen LogP contribution in [-0.2, 0) is 15.9 Å². The highest BCUT2D eigenvalue weighted by atomic mass is 16.7. The van der Waals surface area contributed by atoms with E-state index in [9.17, 15) is 4.79 Å². The summed E-state index contributed by atoms with van der Waals surface area (Å²) >= 11 is 0. The monoisotopic (exact) mass is 558 g/mol. The minimum atomic E-state index is -0.647. The first-order chi connectivity index (χ1) is 18.8. The number of hydrogen-bond donors (Lipinski definition) is 0. The molecule has 2 aliphatic heterocycles. The molecule has 3 rings (SSSR count). The molecule has 2 aliphatic rings. The molecule has 0 aromatic heterocycles. The average Bonchev–Trinajstić information content (AvgIpc) is 3.61. The number of epoxide rings is 1. The van der Waals surface area contributed by atoms with Crippen molar-refractivity contribution in [2.45, 2.75) is 151 Å². The molecule has 1 saturated heterocycles. The molecule has 2 heterocycles. The number of carbonyl (C=O) groups excluding carboxylic acids is 1. The maximum absolute atomic E-state index is 12.4. The molecule has 1 aromatic carbocycles.